The maximum Gasteiger partial charge on any atom is 0.0789 e. The van der Waals surface area contributed by atoms with Gasteiger partial charge in [0.1, 0.15) is 0 Å². The van der Waals surface area contributed by atoms with Gasteiger partial charge in [-0.2, -0.15) is 11.8 Å². The van der Waals surface area contributed by atoms with E-state index in [1.165, 1.54) is 0 Å². The molecule has 1 aliphatic rings. The molecule has 0 radical (unpaired) electrons. The van der Waals surface area contributed by atoms with Crippen molar-refractivity contribution in [1.29, 1.82) is 0 Å². The predicted molar refractivity (Wildman–Crippen MR) is 67.1 cm³/mol. The van der Waals surface area contributed by atoms with Crippen LogP contribution in [0.2, 0.25) is 0 Å². The molecule has 0 bridgehead atoms. The molecule has 1 saturated heterocycles. The molecule has 1 aliphatic heterocycles. The first-order chi connectivity index (χ1) is 7.07. The van der Waals surface area contributed by atoms with Crippen LogP contribution >= 0.6 is 27.7 Å². The van der Waals surface area contributed by atoms with E-state index >= 15 is 0 Å². The van der Waals surface area contributed by atoms with Crippen molar-refractivity contribution in [2.45, 2.75) is 30.6 Å². The Morgan fingerprint density at radius 2 is 2.47 bits per heavy atom. The monoisotopic (exact) mass is 287 g/mol. The maximum atomic E-state index is 10.3. The van der Waals surface area contributed by atoms with Gasteiger partial charge >= 0.3 is 0 Å². The Kier molecular flexibility index (Phi) is 3.38. The van der Waals surface area contributed by atoms with Crippen molar-refractivity contribution in [3.05, 3.63) is 28.5 Å². The zero-order valence-electron chi connectivity index (χ0n) is 8.61. The minimum absolute atomic E-state index is 0.535. The van der Waals surface area contributed by atoms with Crippen LogP contribution in [0, 0.1) is 0 Å². The van der Waals surface area contributed by atoms with Crippen LogP contribution in [0.25, 0.3) is 0 Å². The predicted octanol–water partition coefficient (Wildman–Crippen LogP) is 2.64. The summed E-state index contributed by atoms with van der Waals surface area (Å²) in [6.07, 6.45) is 5.18. The number of rotatable bonds is 2. The Morgan fingerprint density at radius 1 is 1.67 bits per heavy atom. The van der Waals surface area contributed by atoms with E-state index in [4.69, 9.17) is 0 Å². The fraction of sp³-hybridized carbons (Fsp3) is 0.545. The Morgan fingerprint density at radius 3 is 3.07 bits per heavy atom. The van der Waals surface area contributed by atoms with Crippen LogP contribution in [0.15, 0.2) is 22.9 Å². The molecule has 2 rings (SSSR count). The quantitative estimate of drug-likeness (QED) is 0.908. The van der Waals surface area contributed by atoms with E-state index in [9.17, 15) is 5.11 Å². The summed E-state index contributed by atoms with van der Waals surface area (Å²) in [6, 6.07) is 2.03. The summed E-state index contributed by atoms with van der Waals surface area (Å²) in [6.45, 7) is 2.17. The number of thioether (sulfide) groups is 1. The fourth-order valence-electron chi connectivity index (χ4n) is 2.01. The number of nitrogens with zero attached hydrogens (tertiary/aromatic N) is 1. The lowest BCUT2D eigenvalue weighted by molar-refractivity contribution is 0.0641. The van der Waals surface area contributed by atoms with Gasteiger partial charge < -0.3 is 5.11 Å². The van der Waals surface area contributed by atoms with Crippen LogP contribution in [0.1, 0.15) is 18.9 Å². The molecular formula is C11H14BrNOS. The van der Waals surface area contributed by atoms with Crippen molar-refractivity contribution >= 4 is 27.7 Å². The smallest absolute Gasteiger partial charge is 0.0789 e. The van der Waals surface area contributed by atoms with Gasteiger partial charge in [0, 0.05) is 34.3 Å². The van der Waals surface area contributed by atoms with Gasteiger partial charge in [0.15, 0.2) is 0 Å². The molecule has 2 nitrogen and oxygen atoms in total. The zero-order valence-corrected chi connectivity index (χ0v) is 11.0. The van der Waals surface area contributed by atoms with Gasteiger partial charge in [-0.25, -0.2) is 0 Å². The molecule has 2 heterocycles. The second kappa shape index (κ2) is 4.44. The largest absolute Gasteiger partial charge is 0.389 e. The third-order valence-corrected chi connectivity index (χ3v) is 4.47. The summed E-state index contributed by atoms with van der Waals surface area (Å²) in [5.41, 5.74) is 0.564. The molecule has 1 fully saturated rings. The van der Waals surface area contributed by atoms with E-state index in [2.05, 4.69) is 27.8 Å². The van der Waals surface area contributed by atoms with Gasteiger partial charge in [0.2, 0.25) is 0 Å². The molecule has 2 unspecified atom stereocenters. The summed E-state index contributed by atoms with van der Waals surface area (Å²) in [4.78, 5) is 4.11. The van der Waals surface area contributed by atoms with Crippen LogP contribution in [-0.4, -0.2) is 26.7 Å². The van der Waals surface area contributed by atoms with E-state index in [1.54, 1.807) is 6.20 Å². The molecule has 0 saturated carbocycles. The molecule has 82 valence electrons. The first-order valence-electron chi connectivity index (χ1n) is 5.01. The van der Waals surface area contributed by atoms with Crippen LogP contribution in [-0.2, 0) is 6.42 Å². The van der Waals surface area contributed by atoms with Crippen LogP contribution in [0.5, 0.6) is 0 Å². The van der Waals surface area contributed by atoms with Gasteiger partial charge in [-0.05, 0) is 34.0 Å². The molecule has 0 spiro atoms. The minimum Gasteiger partial charge on any atom is -0.389 e. The van der Waals surface area contributed by atoms with E-state index in [0.29, 0.717) is 11.7 Å². The van der Waals surface area contributed by atoms with E-state index in [-0.39, 0.29) is 0 Å². The van der Waals surface area contributed by atoms with Crippen molar-refractivity contribution in [1.82, 2.24) is 4.98 Å². The topological polar surface area (TPSA) is 33.1 Å². The van der Waals surface area contributed by atoms with Crippen LogP contribution in [0.3, 0.4) is 0 Å². The number of halogens is 1. The Balaban J connectivity index is 2.08. The molecule has 0 aromatic carbocycles. The molecular weight excluding hydrogens is 274 g/mol. The van der Waals surface area contributed by atoms with Crippen molar-refractivity contribution in [2.24, 2.45) is 0 Å². The fourth-order valence-corrected chi connectivity index (χ4v) is 3.66. The summed E-state index contributed by atoms with van der Waals surface area (Å²) in [7, 11) is 0. The lowest BCUT2D eigenvalue weighted by atomic mass is 9.93. The Hall–Kier alpha value is -0.0600. The van der Waals surface area contributed by atoms with E-state index in [1.807, 2.05) is 24.0 Å². The standard InChI is InChI=1S/C11H14BrNOS/c1-8-3-11(14,7-15-8)4-9-2-10(12)6-13-5-9/h2,5-6,8,14H,3-4,7H2,1H3. The number of aromatic nitrogens is 1. The highest BCUT2D eigenvalue weighted by molar-refractivity contribution is 9.10. The van der Waals surface area contributed by atoms with Crippen molar-refractivity contribution in [2.75, 3.05) is 5.75 Å². The Labute approximate surface area is 103 Å². The highest BCUT2D eigenvalue weighted by atomic mass is 79.9. The number of pyridine rings is 1. The normalized spacial score (nSPS) is 30.7. The van der Waals surface area contributed by atoms with Gasteiger partial charge in [-0.15, -0.1) is 0 Å². The van der Waals surface area contributed by atoms with Crippen molar-refractivity contribution < 1.29 is 5.11 Å². The van der Waals surface area contributed by atoms with Gasteiger partial charge in [0.05, 0.1) is 5.60 Å². The summed E-state index contributed by atoms with van der Waals surface area (Å²) in [5.74, 6) is 0.834. The zero-order chi connectivity index (χ0) is 10.9. The molecule has 1 aromatic rings. The highest BCUT2D eigenvalue weighted by Crippen LogP contribution is 2.36. The van der Waals surface area contributed by atoms with Crippen LogP contribution in [0.4, 0.5) is 0 Å². The molecule has 4 heteroatoms. The van der Waals surface area contributed by atoms with Gasteiger partial charge in [-0.1, -0.05) is 6.92 Å². The molecule has 15 heavy (non-hydrogen) atoms. The van der Waals surface area contributed by atoms with E-state index < -0.39 is 5.60 Å². The van der Waals surface area contributed by atoms with E-state index in [0.717, 1.165) is 22.2 Å². The second-order valence-corrected chi connectivity index (χ2v) is 6.58. The highest BCUT2D eigenvalue weighted by Gasteiger charge is 2.35. The van der Waals surface area contributed by atoms with Gasteiger partial charge in [0.25, 0.3) is 0 Å². The average molecular weight is 288 g/mol. The molecule has 2 atom stereocenters. The summed E-state index contributed by atoms with van der Waals surface area (Å²) in [5, 5.41) is 10.9. The second-order valence-electron chi connectivity index (χ2n) is 4.24. The van der Waals surface area contributed by atoms with Gasteiger partial charge in [-0.3, -0.25) is 4.98 Å². The third kappa shape index (κ3) is 2.95. The number of aliphatic hydroxyl groups is 1. The molecule has 1 aromatic heterocycles. The first-order valence-corrected chi connectivity index (χ1v) is 6.85. The lowest BCUT2D eigenvalue weighted by Gasteiger charge is -2.21. The summed E-state index contributed by atoms with van der Waals surface area (Å²) < 4.78 is 0.974. The number of hydrogen-bond acceptors (Lipinski definition) is 3. The lowest BCUT2D eigenvalue weighted by Crippen LogP contribution is -2.31. The minimum atomic E-state index is -0.535. The van der Waals surface area contributed by atoms with Crippen molar-refractivity contribution in [3.8, 4) is 0 Å². The maximum absolute atomic E-state index is 10.3. The molecule has 1 N–H and O–H groups in total. The SMILES string of the molecule is CC1CC(O)(Cc2cncc(Br)c2)CS1. The van der Waals surface area contributed by atoms with Crippen LogP contribution < -0.4 is 0 Å². The Bertz CT molecular complexity index is 360. The third-order valence-electron chi connectivity index (χ3n) is 2.60. The molecule has 0 amide bonds. The summed E-state index contributed by atoms with van der Waals surface area (Å²) >= 11 is 5.24. The molecule has 0 aliphatic carbocycles. The van der Waals surface area contributed by atoms with Crippen molar-refractivity contribution in [3.63, 3.8) is 0 Å². The number of hydrogen-bond donors (Lipinski definition) is 1. The first kappa shape index (κ1) is 11.4. The average Bonchev–Trinajstić information content (AvgIpc) is 2.45.